The van der Waals surface area contributed by atoms with Gasteiger partial charge in [0, 0.05) is 48.8 Å². The topological polar surface area (TPSA) is 72.1 Å². The number of hydrogen-bond acceptors (Lipinski definition) is 5. The fraction of sp³-hybridized carbons (Fsp3) is 0.391. The van der Waals surface area contributed by atoms with Crippen LogP contribution in [0.4, 0.5) is 8.78 Å². The van der Waals surface area contributed by atoms with Gasteiger partial charge in [0.2, 0.25) is 0 Å². The summed E-state index contributed by atoms with van der Waals surface area (Å²) >= 11 is 0. The summed E-state index contributed by atoms with van der Waals surface area (Å²) in [6.45, 7) is 2.80. The molecule has 0 spiro atoms. The number of nitrogens with zero attached hydrogens (tertiary/aromatic N) is 4. The van der Waals surface area contributed by atoms with Crippen LogP contribution in [0.25, 0.3) is 11.3 Å². The number of halogens is 2. The molecule has 31 heavy (non-hydrogen) atoms. The Kier molecular flexibility index (Phi) is 5.00. The number of piperidine rings is 1. The molecule has 0 N–H and O–H groups in total. The van der Waals surface area contributed by atoms with Crippen molar-refractivity contribution in [1.29, 1.82) is 0 Å². The molecule has 1 aliphatic heterocycles. The summed E-state index contributed by atoms with van der Waals surface area (Å²) in [6.07, 6.45) is 5.58. The molecule has 1 unspecified atom stereocenters. The molecular formula is C23H22F2N4O2. The first-order chi connectivity index (χ1) is 15.0. The van der Waals surface area contributed by atoms with E-state index >= 15 is 0 Å². The van der Waals surface area contributed by atoms with Crippen molar-refractivity contribution < 1.29 is 18.1 Å². The quantitative estimate of drug-likeness (QED) is 0.611. The van der Waals surface area contributed by atoms with E-state index in [1.807, 2.05) is 13.0 Å². The van der Waals surface area contributed by atoms with Crippen molar-refractivity contribution >= 4 is 5.91 Å². The highest BCUT2D eigenvalue weighted by atomic mass is 19.1. The van der Waals surface area contributed by atoms with E-state index in [1.165, 1.54) is 0 Å². The minimum Gasteiger partial charge on any atom is -0.356 e. The largest absolute Gasteiger partial charge is 0.356 e. The van der Waals surface area contributed by atoms with Gasteiger partial charge < -0.3 is 9.42 Å². The summed E-state index contributed by atoms with van der Waals surface area (Å²) in [5.41, 5.74) is 2.41. The van der Waals surface area contributed by atoms with Gasteiger partial charge in [-0.15, -0.1) is 0 Å². The number of amides is 1. The first-order valence-electron chi connectivity index (χ1n) is 10.5. The Balaban J connectivity index is 1.46. The standard InChI is InChI=1S/C23H22F2N4O2/c1-13-7-20(31-28-13)19-11-26-22(14-4-5-14)27-21(19)15-3-2-6-29(12-15)23(30)16-8-17(24)10-18(25)9-16/h7-11,14-15H,2-6,12H2,1H3. The Bertz CT molecular complexity index is 1120. The van der Waals surface area contributed by atoms with Gasteiger partial charge >= 0.3 is 0 Å². The van der Waals surface area contributed by atoms with Gasteiger partial charge in [-0.05, 0) is 44.7 Å². The maximum atomic E-state index is 13.6. The van der Waals surface area contributed by atoms with Gasteiger partial charge in [0.25, 0.3) is 5.91 Å². The molecule has 2 aliphatic rings. The molecule has 6 nitrogen and oxygen atoms in total. The fourth-order valence-electron chi connectivity index (χ4n) is 4.18. The second-order valence-corrected chi connectivity index (χ2v) is 8.38. The third-order valence-corrected chi connectivity index (χ3v) is 5.88. The Labute approximate surface area is 178 Å². The SMILES string of the molecule is Cc1cc(-c2cnc(C3CC3)nc2C2CCCN(C(=O)c3cc(F)cc(F)c3)C2)on1. The molecule has 1 aliphatic carbocycles. The van der Waals surface area contributed by atoms with Gasteiger partial charge in [-0.3, -0.25) is 4.79 Å². The highest BCUT2D eigenvalue weighted by molar-refractivity contribution is 5.94. The van der Waals surface area contributed by atoms with Crippen LogP contribution in [0.5, 0.6) is 0 Å². The first kappa shape index (κ1) is 19.8. The minimum atomic E-state index is -0.759. The van der Waals surface area contributed by atoms with Crippen molar-refractivity contribution in [2.24, 2.45) is 0 Å². The molecule has 1 amide bonds. The second-order valence-electron chi connectivity index (χ2n) is 8.38. The number of likely N-dealkylation sites (tertiary alicyclic amines) is 1. The summed E-state index contributed by atoms with van der Waals surface area (Å²) in [6, 6.07) is 4.77. The van der Waals surface area contributed by atoms with Gasteiger partial charge in [0.1, 0.15) is 17.5 Å². The third kappa shape index (κ3) is 4.06. The highest BCUT2D eigenvalue weighted by Gasteiger charge is 2.32. The van der Waals surface area contributed by atoms with Crippen molar-refractivity contribution in [2.45, 2.75) is 44.4 Å². The lowest BCUT2D eigenvalue weighted by molar-refractivity contribution is 0.0705. The third-order valence-electron chi connectivity index (χ3n) is 5.88. The van der Waals surface area contributed by atoms with Crippen LogP contribution in [0.2, 0.25) is 0 Å². The monoisotopic (exact) mass is 424 g/mol. The minimum absolute atomic E-state index is 0.0191. The average Bonchev–Trinajstić information content (AvgIpc) is 3.53. The Morgan fingerprint density at radius 3 is 2.55 bits per heavy atom. The number of benzene rings is 1. The molecule has 1 saturated carbocycles. The molecule has 3 aromatic rings. The first-order valence-corrected chi connectivity index (χ1v) is 10.5. The molecule has 2 fully saturated rings. The summed E-state index contributed by atoms with van der Waals surface area (Å²) in [4.78, 5) is 24.0. The summed E-state index contributed by atoms with van der Waals surface area (Å²) in [7, 11) is 0. The van der Waals surface area contributed by atoms with Crippen LogP contribution in [-0.2, 0) is 0 Å². The van der Waals surface area contributed by atoms with Crippen LogP contribution in [0.15, 0.2) is 35.0 Å². The van der Waals surface area contributed by atoms with Gasteiger partial charge in [0.15, 0.2) is 5.76 Å². The summed E-state index contributed by atoms with van der Waals surface area (Å²) in [5, 5.41) is 3.98. The maximum Gasteiger partial charge on any atom is 0.254 e. The van der Waals surface area contributed by atoms with E-state index in [4.69, 9.17) is 9.51 Å². The summed E-state index contributed by atoms with van der Waals surface area (Å²) < 4.78 is 32.7. The number of carbonyl (C=O) groups is 1. The number of hydrogen-bond donors (Lipinski definition) is 0. The lowest BCUT2D eigenvalue weighted by Gasteiger charge is -2.33. The smallest absolute Gasteiger partial charge is 0.254 e. The molecule has 3 heterocycles. The summed E-state index contributed by atoms with van der Waals surface area (Å²) in [5.74, 6) is -0.111. The lowest BCUT2D eigenvalue weighted by Crippen LogP contribution is -2.39. The van der Waals surface area contributed by atoms with E-state index in [-0.39, 0.29) is 17.4 Å². The Morgan fingerprint density at radius 1 is 1.10 bits per heavy atom. The molecule has 2 aromatic heterocycles. The highest BCUT2D eigenvalue weighted by Crippen LogP contribution is 2.40. The molecular weight excluding hydrogens is 402 g/mol. The van der Waals surface area contributed by atoms with E-state index in [1.54, 1.807) is 11.1 Å². The number of aryl methyl sites for hydroxylation is 1. The predicted molar refractivity (Wildman–Crippen MR) is 108 cm³/mol. The van der Waals surface area contributed by atoms with E-state index in [0.717, 1.165) is 66.7 Å². The zero-order valence-corrected chi connectivity index (χ0v) is 17.1. The van der Waals surface area contributed by atoms with Crippen LogP contribution in [-0.4, -0.2) is 39.0 Å². The second kappa shape index (κ2) is 7.83. The van der Waals surface area contributed by atoms with Crippen molar-refractivity contribution in [3.63, 3.8) is 0 Å². The Morgan fingerprint density at radius 2 is 1.87 bits per heavy atom. The lowest BCUT2D eigenvalue weighted by atomic mass is 9.90. The van der Waals surface area contributed by atoms with Gasteiger partial charge in [-0.25, -0.2) is 18.7 Å². The van der Waals surface area contributed by atoms with E-state index < -0.39 is 11.6 Å². The number of carbonyl (C=O) groups excluding carboxylic acids is 1. The van der Waals surface area contributed by atoms with Crippen molar-refractivity contribution in [3.8, 4) is 11.3 Å². The molecule has 5 rings (SSSR count). The average molecular weight is 424 g/mol. The van der Waals surface area contributed by atoms with Crippen molar-refractivity contribution in [1.82, 2.24) is 20.0 Å². The van der Waals surface area contributed by atoms with Crippen LogP contribution in [0, 0.1) is 18.6 Å². The van der Waals surface area contributed by atoms with Gasteiger partial charge in [-0.2, -0.15) is 0 Å². The van der Waals surface area contributed by atoms with E-state index in [0.29, 0.717) is 24.8 Å². The number of aromatic nitrogens is 3. The molecule has 8 heteroatoms. The van der Waals surface area contributed by atoms with E-state index in [2.05, 4.69) is 10.1 Å². The zero-order chi connectivity index (χ0) is 21.5. The van der Waals surface area contributed by atoms with Gasteiger partial charge in [-0.1, -0.05) is 5.16 Å². The van der Waals surface area contributed by atoms with Crippen molar-refractivity contribution in [3.05, 3.63) is 64.9 Å². The predicted octanol–water partition coefficient (Wildman–Crippen LogP) is 4.62. The molecule has 160 valence electrons. The van der Waals surface area contributed by atoms with Crippen LogP contribution in [0.1, 0.15) is 65.1 Å². The van der Waals surface area contributed by atoms with Crippen LogP contribution >= 0.6 is 0 Å². The molecule has 0 radical (unpaired) electrons. The normalized spacial score (nSPS) is 18.9. The van der Waals surface area contributed by atoms with E-state index in [9.17, 15) is 13.6 Å². The molecule has 0 bridgehead atoms. The molecule has 1 atom stereocenters. The Hall–Kier alpha value is -3.16. The zero-order valence-electron chi connectivity index (χ0n) is 17.1. The molecule has 1 saturated heterocycles. The van der Waals surface area contributed by atoms with Crippen LogP contribution in [0.3, 0.4) is 0 Å². The number of rotatable bonds is 4. The molecule has 1 aromatic carbocycles. The maximum absolute atomic E-state index is 13.6. The van der Waals surface area contributed by atoms with Crippen molar-refractivity contribution in [2.75, 3.05) is 13.1 Å². The van der Waals surface area contributed by atoms with Crippen LogP contribution < -0.4 is 0 Å². The fourth-order valence-corrected chi connectivity index (χ4v) is 4.18. The van der Waals surface area contributed by atoms with Gasteiger partial charge in [0.05, 0.1) is 17.0 Å².